The lowest BCUT2D eigenvalue weighted by Gasteiger charge is -2.13. The van der Waals surface area contributed by atoms with Crippen molar-refractivity contribution in [3.05, 3.63) is 82.5 Å². The Balaban J connectivity index is 1.70. The minimum atomic E-state index is -0.342. The Bertz CT molecular complexity index is 1110. The maximum absolute atomic E-state index is 12.9. The third kappa shape index (κ3) is 3.89. The molecule has 0 radical (unpaired) electrons. The van der Waals surface area contributed by atoms with E-state index in [1.165, 1.54) is 0 Å². The number of hydrogen-bond donors (Lipinski definition) is 1. The van der Waals surface area contributed by atoms with Crippen LogP contribution in [0.5, 0.6) is 11.5 Å². The highest BCUT2D eigenvalue weighted by molar-refractivity contribution is 6.07. The summed E-state index contributed by atoms with van der Waals surface area (Å²) in [6.45, 7) is 6.92. The van der Waals surface area contributed by atoms with E-state index in [4.69, 9.17) is 4.74 Å². The first-order chi connectivity index (χ1) is 14.4. The van der Waals surface area contributed by atoms with E-state index in [2.05, 4.69) is 10.3 Å². The molecular formula is C24H23N3O3. The van der Waals surface area contributed by atoms with Crippen LogP contribution in [0.2, 0.25) is 0 Å². The van der Waals surface area contributed by atoms with E-state index >= 15 is 0 Å². The van der Waals surface area contributed by atoms with Gasteiger partial charge >= 0.3 is 0 Å². The largest absolute Gasteiger partial charge is 0.457 e. The first-order valence-corrected chi connectivity index (χ1v) is 9.89. The van der Waals surface area contributed by atoms with Gasteiger partial charge in [-0.25, -0.2) is 4.98 Å². The minimum absolute atomic E-state index is 0.0932. The number of amides is 2. The SMILES string of the molecule is CCN1Cc2c(Oc3ccc(C)cc3)cc(C(=O)Nc3ccc(C)cn3)cc2C1=O. The third-order valence-corrected chi connectivity index (χ3v) is 5.12. The highest BCUT2D eigenvalue weighted by atomic mass is 16.5. The van der Waals surface area contributed by atoms with Gasteiger partial charge in [0.05, 0.1) is 6.54 Å². The number of aryl methyl sites for hydroxylation is 2. The number of ether oxygens (including phenoxy) is 1. The predicted molar refractivity (Wildman–Crippen MR) is 115 cm³/mol. The first kappa shape index (κ1) is 19.6. The third-order valence-electron chi connectivity index (χ3n) is 5.12. The number of pyridine rings is 1. The molecule has 1 aromatic heterocycles. The molecule has 0 spiro atoms. The number of rotatable bonds is 5. The molecule has 2 aromatic carbocycles. The molecule has 0 saturated carbocycles. The summed E-state index contributed by atoms with van der Waals surface area (Å²) >= 11 is 0. The van der Waals surface area contributed by atoms with Gasteiger partial charge in [0.2, 0.25) is 0 Å². The molecule has 2 heterocycles. The Morgan fingerprint density at radius 3 is 2.50 bits per heavy atom. The molecule has 30 heavy (non-hydrogen) atoms. The molecule has 0 fully saturated rings. The Labute approximate surface area is 175 Å². The smallest absolute Gasteiger partial charge is 0.256 e. The molecular weight excluding hydrogens is 378 g/mol. The zero-order valence-corrected chi connectivity index (χ0v) is 17.2. The van der Waals surface area contributed by atoms with E-state index in [0.717, 1.165) is 16.7 Å². The summed E-state index contributed by atoms with van der Waals surface area (Å²) in [7, 11) is 0. The van der Waals surface area contributed by atoms with Gasteiger partial charge in [-0.2, -0.15) is 0 Å². The Morgan fingerprint density at radius 1 is 1.10 bits per heavy atom. The van der Waals surface area contributed by atoms with Crippen LogP contribution in [0, 0.1) is 13.8 Å². The Kier molecular flexibility index (Phi) is 5.23. The number of fused-ring (bicyclic) bond motifs is 1. The van der Waals surface area contributed by atoms with Crippen LogP contribution in [0.25, 0.3) is 0 Å². The van der Waals surface area contributed by atoms with Gasteiger partial charge in [-0.15, -0.1) is 0 Å². The second-order valence-corrected chi connectivity index (χ2v) is 7.41. The fourth-order valence-corrected chi connectivity index (χ4v) is 3.37. The molecule has 1 aliphatic rings. The molecule has 0 bridgehead atoms. The Morgan fingerprint density at radius 2 is 1.83 bits per heavy atom. The molecule has 3 aromatic rings. The average molecular weight is 401 g/mol. The second kappa shape index (κ2) is 7.99. The van der Waals surface area contributed by atoms with Crippen LogP contribution in [-0.2, 0) is 6.54 Å². The van der Waals surface area contributed by atoms with E-state index in [9.17, 15) is 9.59 Å². The summed E-state index contributed by atoms with van der Waals surface area (Å²) in [5.41, 5.74) is 3.78. The molecule has 0 saturated heterocycles. The maximum atomic E-state index is 12.9. The van der Waals surface area contributed by atoms with Crippen LogP contribution in [0.4, 0.5) is 5.82 Å². The van der Waals surface area contributed by atoms with Gasteiger partial charge < -0.3 is 15.0 Å². The second-order valence-electron chi connectivity index (χ2n) is 7.41. The Hall–Kier alpha value is -3.67. The highest BCUT2D eigenvalue weighted by Gasteiger charge is 2.31. The van der Waals surface area contributed by atoms with E-state index in [-0.39, 0.29) is 11.8 Å². The van der Waals surface area contributed by atoms with Crippen LogP contribution >= 0.6 is 0 Å². The molecule has 6 nitrogen and oxygen atoms in total. The van der Waals surface area contributed by atoms with Gasteiger partial charge in [-0.05, 0) is 56.7 Å². The van der Waals surface area contributed by atoms with E-state index < -0.39 is 0 Å². The summed E-state index contributed by atoms with van der Waals surface area (Å²) in [6.07, 6.45) is 1.69. The van der Waals surface area contributed by atoms with Gasteiger partial charge in [0.15, 0.2) is 0 Å². The maximum Gasteiger partial charge on any atom is 0.256 e. The van der Waals surface area contributed by atoms with Crippen molar-refractivity contribution in [2.45, 2.75) is 27.3 Å². The van der Waals surface area contributed by atoms with Crippen molar-refractivity contribution < 1.29 is 14.3 Å². The van der Waals surface area contributed by atoms with Gasteiger partial charge in [0, 0.05) is 29.4 Å². The summed E-state index contributed by atoms with van der Waals surface area (Å²) < 4.78 is 6.10. The average Bonchev–Trinajstić information content (AvgIpc) is 3.07. The number of nitrogens with one attached hydrogen (secondary N) is 1. The summed E-state index contributed by atoms with van der Waals surface area (Å²) in [6, 6.07) is 14.6. The highest BCUT2D eigenvalue weighted by Crippen LogP contribution is 2.35. The molecule has 1 aliphatic heterocycles. The van der Waals surface area contributed by atoms with Crippen LogP contribution in [-0.4, -0.2) is 28.2 Å². The van der Waals surface area contributed by atoms with Gasteiger partial charge in [-0.3, -0.25) is 9.59 Å². The number of hydrogen-bond acceptors (Lipinski definition) is 4. The zero-order valence-electron chi connectivity index (χ0n) is 17.2. The van der Waals surface area contributed by atoms with E-state index in [1.54, 1.807) is 29.3 Å². The number of nitrogens with zero attached hydrogens (tertiary/aromatic N) is 2. The topological polar surface area (TPSA) is 71.5 Å². The lowest BCUT2D eigenvalue weighted by atomic mass is 10.0. The number of aromatic nitrogens is 1. The summed E-state index contributed by atoms with van der Waals surface area (Å²) in [5.74, 6) is 1.19. The van der Waals surface area contributed by atoms with Crippen LogP contribution < -0.4 is 10.1 Å². The number of carbonyl (C=O) groups excluding carboxylic acids is 2. The van der Waals surface area contributed by atoms with Crippen molar-refractivity contribution in [1.82, 2.24) is 9.88 Å². The summed E-state index contributed by atoms with van der Waals surface area (Å²) in [5, 5.41) is 2.78. The monoisotopic (exact) mass is 401 g/mol. The fourth-order valence-electron chi connectivity index (χ4n) is 3.37. The fraction of sp³-hybridized carbons (Fsp3) is 0.208. The molecule has 0 atom stereocenters. The molecule has 0 unspecified atom stereocenters. The van der Waals surface area contributed by atoms with Crippen molar-refractivity contribution in [3.63, 3.8) is 0 Å². The summed E-state index contributed by atoms with van der Waals surface area (Å²) in [4.78, 5) is 31.6. The van der Waals surface area contributed by atoms with Gasteiger partial charge in [-0.1, -0.05) is 23.8 Å². The van der Waals surface area contributed by atoms with Crippen LogP contribution in [0.3, 0.4) is 0 Å². The predicted octanol–water partition coefficient (Wildman–Crippen LogP) is 4.72. The molecule has 4 rings (SSSR count). The van der Waals surface area contributed by atoms with Crippen molar-refractivity contribution >= 4 is 17.6 Å². The molecule has 2 amide bonds. The molecule has 0 aliphatic carbocycles. The molecule has 6 heteroatoms. The number of benzene rings is 2. The minimum Gasteiger partial charge on any atom is -0.457 e. The van der Waals surface area contributed by atoms with Crippen LogP contribution in [0.15, 0.2) is 54.7 Å². The van der Waals surface area contributed by atoms with Crippen LogP contribution in [0.1, 0.15) is 44.3 Å². The quantitative estimate of drug-likeness (QED) is 0.672. The standard InChI is InChI=1S/C24H23N3O3/c1-4-27-14-20-19(24(27)29)11-17(23(28)26-22-10-7-16(3)13-25-22)12-21(20)30-18-8-5-15(2)6-9-18/h5-13H,4,14H2,1-3H3,(H,25,26,28). The van der Waals surface area contributed by atoms with Crippen molar-refractivity contribution in [2.24, 2.45) is 0 Å². The van der Waals surface area contributed by atoms with Crippen molar-refractivity contribution in [3.8, 4) is 11.5 Å². The molecule has 152 valence electrons. The lowest BCUT2D eigenvalue weighted by Crippen LogP contribution is -2.23. The lowest BCUT2D eigenvalue weighted by molar-refractivity contribution is 0.0787. The zero-order chi connectivity index (χ0) is 21.3. The molecule has 1 N–H and O–H groups in total. The number of carbonyl (C=O) groups is 2. The van der Waals surface area contributed by atoms with Crippen molar-refractivity contribution in [2.75, 3.05) is 11.9 Å². The van der Waals surface area contributed by atoms with Gasteiger partial charge in [0.25, 0.3) is 11.8 Å². The van der Waals surface area contributed by atoms with E-state index in [1.807, 2.05) is 51.1 Å². The van der Waals surface area contributed by atoms with Gasteiger partial charge in [0.1, 0.15) is 17.3 Å². The normalized spacial score (nSPS) is 12.6. The van der Waals surface area contributed by atoms with E-state index in [0.29, 0.717) is 41.5 Å². The first-order valence-electron chi connectivity index (χ1n) is 9.89. The number of anilines is 1. The van der Waals surface area contributed by atoms with Crippen molar-refractivity contribution in [1.29, 1.82) is 0 Å².